The van der Waals surface area contributed by atoms with Crippen LogP contribution >= 0.6 is 0 Å². The van der Waals surface area contributed by atoms with E-state index >= 15 is 0 Å². The Bertz CT molecular complexity index is 408. The number of nitrogens with one attached hydrogen (secondary N) is 1. The maximum Gasteiger partial charge on any atom is 0.226 e. The van der Waals surface area contributed by atoms with Crippen molar-refractivity contribution in [2.45, 2.75) is 12.8 Å². The first-order valence-corrected chi connectivity index (χ1v) is 5.86. The Morgan fingerprint density at radius 2 is 1.94 bits per heavy atom. The lowest BCUT2D eigenvalue weighted by atomic mass is 9.99. The van der Waals surface area contributed by atoms with Gasteiger partial charge in [-0.15, -0.1) is 0 Å². The van der Waals surface area contributed by atoms with Gasteiger partial charge in [-0.3, -0.25) is 0 Å². The van der Waals surface area contributed by atoms with Crippen LogP contribution in [-0.2, 0) is 12.8 Å². The van der Waals surface area contributed by atoms with Crippen LogP contribution in [0, 0.1) is 0 Å². The summed E-state index contributed by atoms with van der Waals surface area (Å²) in [7, 11) is 5.96. The van der Waals surface area contributed by atoms with Crippen LogP contribution < -0.4 is 14.9 Å². The van der Waals surface area contributed by atoms with E-state index in [0.717, 1.165) is 43.9 Å². The molecular weight excluding hydrogens is 199 g/mol. The Labute approximate surface area is 97.2 Å². The molecule has 0 atom stereocenters. The van der Waals surface area contributed by atoms with Crippen LogP contribution in [0.1, 0.15) is 11.1 Å². The van der Waals surface area contributed by atoms with Crippen LogP contribution in [0.15, 0.2) is 12.1 Å². The number of hydrogen-bond acceptors (Lipinski definition) is 3. The van der Waals surface area contributed by atoms with Gasteiger partial charge in [-0.05, 0) is 49.2 Å². The number of rotatable bonds is 0. The van der Waals surface area contributed by atoms with E-state index in [1.807, 2.05) is 0 Å². The van der Waals surface area contributed by atoms with Crippen LogP contribution in [0.4, 0.5) is 5.69 Å². The predicted molar refractivity (Wildman–Crippen MR) is 65.3 cm³/mol. The molecule has 2 aliphatic rings. The Kier molecular flexibility index (Phi) is 2.52. The number of ether oxygens (including phenoxy) is 1. The smallest absolute Gasteiger partial charge is 0.226 e. The standard InChI is InChI=1S/C12H15BN2O/c13-15-5-6-16-12-8-10-2-4-14-3-1-9(10)7-11(12)15/h7-8,14H,1-6H2. The second-order valence-electron chi connectivity index (χ2n) is 4.38. The summed E-state index contributed by atoms with van der Waals surface area (Å²) in [5.41, 5.74) is 3.84. The van der Waals surface area contributed by atoms with Gasteiger partial charge < -0.3 is 14.9 Å². The molecule has 0 aliphatic carbocycles. The summed E-state index contributed by atoms with van der Waals surface area (Å²) >= 11 is 0. The van der Waals surface area contributed by atoms with Crippen molar-refractivity contribution >= 4 is 13.7 Å². The molecule has 16 heavy (non-hydrogen) atoms. The third-order valence-electron chi connectivity index (χ3n) is 3.32. The van der Waals surface area contributed by atoms with Crippen molar-refractivity contribution in [1.29, 1.82) is 0 Å². The molecule has 0 bridgehead atoms. The van der Waals surface area contributed by atoms with Crippen molar-refractivity contribution in [3.63, 3.8) is 0 Å². The number of fused-ring (bicyclic) bond motifs is 2. The van der Waals surface area contributed by atoms with Crippen molar-refractivity contribution in [2.24, 2.45) is 0 Å². The van der Waals surface area contributed by atoms with Crippen molar-refractivity contribution in [1.82, 2.24) is 5.32 Å². The summed E-state index contributed by atoms with van der Waals surface area (Å²) in [6, 6.07) is 4.35. The summed E-state index contributed by atoms with van der Waals surface area (Å²) in [4.78, 5) is 1.79. The van der Waals surface area contributed by atoms with Crippen LogP contribution in [0.2, 0.25) is 0 Å². The van der Waals surface area contributed by atoms with E-state index in [0.29, 0.717) is 6.61 Å². The van der Waals surface area contributed by atoms with E-state index in [1.165, 1.54) is 11.1 Å². The molecule has 0 spiro atoms. The first-order valence-electron chi connectivity index (χ1n) is 5.86. The Hall–Kier alpha value is -1.16. The predicted octanol–water partition coefficient (Wildman–Crippen LogP) is 0.657. The van der Waals surface area contributed by atoms with Gasteiger partial charge in [0.05, 0.1) is 5.69 Å². The number of anilines is 1. The molecule has 1 aromatic carbocycles. The minimum atomic E-state index is 0.681. The lowest BCUT2D eigenvalue weighted by Gasteiger charge is -2.29. The molecule has 2 heterocycles. The minimum Gasteiger partial charge on any atom is -0.490 e. The lowest BCUT2D eigenvalue weighted by Crippen LogP contribution is -2.30. The van der Waals surface area contributed by atoms with Crippen molar-refractivity contribution in [2.75, 3.05) is 31.1 Å². The number of benzene rings is 1. The lowest BCUT2D eigenvalue weighted by molar-refractivity contribution is 0.316. The Morgan fingerprint density at radius 1 is 1.19 bits per heavy atom. The largest absolute Gasteiger partial charge is 0.490 e. The third kappa shape index (κ3) is 1.67. The van der Waals surface area contributed by atoms with Gasteiger partial charge in [0.2, 0.25) is 7.98 Å². The fourth-order valence-corrected chi connectivity index (χ4v) is 2.40. The quantitative estimate of drug-likeness (QED) is 0.642. The number of hydrogen-bond donors (Lipinski definition) is 1. The highest BCUT2D eigenvalue weighted by Crippen LogP contribution is 2.34. The molecule has 1 aromatic rings. The molecule has 2 aliphatic heterocycles. The maximum atomic E-state index is 5.96. The van der Waals surface area contributed by atoms with E-state index in [-0.39, 0.29) is 0 Å². The minimum absolute atomic E-state index is 0.681. The van der Waals surface area contributed by atoms with Crippen molar-refractivity contribution in [3.05, 3.63) is 23.3 Å². The van der Waals surface area contributed by atoms with E-state index in [1.54, 1.807) is 4.81 Å². The van der Waals surface area contributed by atoms with Gasteiger partial charge in [-0.1, -0.05) is 0 Å². The average molecular weight is 214 g/mol. The Morgan fingerprint density at radius 3 is 2.75 bits per heavy atom. The van der Waals surface area contributed by atoms with Gasteiger partial charge in [0.25, 0.3) is 0 Å². The highest BCUT2D eigenvalue weighted by Gasteiger charge is 2.18. The Balaban J connectivity index is 2.05. The van der Waals surface area contributed by atoms with E-state index in [9.17, 15) is 0 Å². The fourth-order valence-electron chi connectivity index (χ4n) is 2.40. The highest BCUT2D eigenvalue weighted by molar-refractivity contribution is 6.18. The van der Waals surface area contributed by atoms with Crippen molar-refractivity contribution in [3.8, 4) is 5.75 Å². The van der Waals surface area contributed by atoms with Crippen molar-refractivity contribution < 1.29 is 4.74 Å². The van der Waals surface area contributed by atoms with Crippen LogP contribution in [0.25, 0.3) is 0 Å². The zero-order chi connectivity index (χ0) is 11.0. The van der Waals surface area contributed by atoms with Gasteiger partial charge in [-0.2, -0.15) is 0 Å². The van der Waals surface area contributed by atoms with E-state index < -0.39 is 0 Å². The molecule has 0 saturated carbocycles. The highest BCUT2D eigenvalue weighted by atomic mass is 16.5. The van der Waals surface area contributed by atoms with E-state index in [4.69, 9.17) is 12.7 Å². The first kappa shape index (κ1) is 10.0. The third-order valence-corrected chi connectivity index (χ3v) is 3.32. The summed E-state index contributed by atoms with van der Waals surface area (Å²) in [5, 5.41) is 3.41. The summed E-state index contributed by atoms with van der Waals surface area (Å²) in [5.74, 6) is 0.939. The zero-order valence-corrected chi connectivity index (χ0v) is 9.33. The molecule has 0 fully saturated rings. The molecule has 0 amide bonds. The summed E-state index contributed by atoms with van der Waals surface area (Å²) in [6.07, 6.45) is 2.16. The molecule has 4 heteroatoms. The summed E-state index contributed by atoms with van der Waals surface area (Å²) < 4.78 is 5.66. The molecule has 0 unspecified atom stereocenters. The zero-order valence-electron chi connectivity index (χ0n) is 9.33. The van der Waals surface area contributed by atoms with Gasteiger partial charge in [-0.25, -0.2) is 0 Å². The van der Waals surface area contributed by atoms with Gasteiger partial charge in [0.1, 0.15) is 12.4 Å². The molecule has 82 valence electrons. The summed E-state index contributed by atoms with van der Waals surface area (Å²) in [6.45, 7) is 3.56. The van der Waals surface area contributed by atoms with Gasteiger partial charge in [0.15, 0.2) is 0 Å². The molecule has 3 rings (SSSR count). The second kappa shape index (κ2) is 4.02. The first-order chi connectivity index (χ1) is 7.84. The second-order valence-corrected chi connectivity index (χ2v) is 4.38. The molecule has 0 aromatic heterocycles. The van der Waals surface area contributed by atoms with Gasteiger partial charge >= 0.3 is 0 Å². The molecular formula is C12H15BN2O. The van der Waals surface area contributed by atoms with Crippen LogP contribution in [0.3, 0.4) is 0 Å². The molecule has 3 nitrogen and oxygen atoms in total. The SMILES string of the molecule is [B]N1CCOc2cc3c(cc21)CCNCC3. The maximum absolute atomic E-state index is 5.96. The van der Waals surface area contributed by atoms with E-state index in [2.05, 4.69) is 17.4 Å². The normalized spacial score (nSPS) is 19.4. The van der Waals surface area contributed by atoms with Crippen LogP contribution in [-0.4, -0.2) is 34.2 Å². The van der Waals surface area contributed by atoms with Gasteiger partial charge in [0, 0.05) is 6.54 Å². The molecule has 1 N–H and O–H groups in total. The monoisotopic (exact) mass is 214 g/mol. The molecule has 0 saturated heterocycles. The average Bonchev–Trinajstić information content (AvgIpc) is 2.52. The van der Waals surface area contributed by atoms with Crippen LogP contribution in [0.5, 0.6) is 5.75 Å². The topological polar surface area (TPSA) is 24.5 Å². The fraction of sp³-hybridized carbons (Fsp3) is 0.500. The number of nitrogens with zero attached hydrogens (tertiary/aromatic N) is 1. The molecule has 2 radical (unpaired) electrons.